The number of ether oxygens (including phenoxy) is 1. The summed E-state index contributed by atoms with van der Waals surface area (Å²) in [6, 6.07) is 0. The second-order valence-electron chi connectivity index (χ2n) is 1.72. The van der Waals surface area contributed by atoms with Crippen LogP contribution in [0.15, 0.2) is 0 Å². The summed E-state index contributed by atoms with van der Waals surface area (Å²) in [6.07, 6.45) is 0.514. The van der Waals surface area contributed by atoms with Crippen LogP contribution in [0, 0.1) is 0 Å². The van der Waals surface area contributed by atoms with Crippen molar-refractivity contribution in [2.45, 2.75) is 6.42 Å². The Bertz CT molecular complexity index is 87.0. The minimum absolute atomic E-state index is 0. The first-order chi connectivity index (χ1) is 3.89. The number of esters is 1. The molecule has 0 unspecified atom stereocenters. The maximum Gasteiger partial charge on any atom is 0.307 e. The highest BCUT2D eigenvalue weighted by Crippen LogP contribution is 1.87. The van der Waals surface area contributed by atoms with E-state index in [0.29, 0.717) is 13.0 Å². The lowest BCUT2D eigenvalue weighted by atomic mass is 10.4. The zero-order valence-corrected chi connectivity index (χ0v) is 5.87. The van der Waals surface area contributed by atoms with Crippen LogP contribution in [0.25, 0.3) is 0 Å². The van der Waals surface area contributed by atoms with Crippen LogP contribution in [0.1, 0.15) is 6.42 Å². The molecule has 0 aromatic heterocycles. The fourth-order valence-corrected chi connectivity index (χ4v) is 0.625. The molecule has 9 heavy (non-hydrogen) atoms. The van der Waals surface area contributed by atoms with E-state index in [9.17, 15) is 4.79 Å². The van der Waals surface area contributed by atoms with Crippen molar-refractivity contribution in [3.8, 4) is 0 Å². The smallest absolute Gasteiger partial charge is 0.307 e. The molecule has 1 heterocycles. The largest absolute Gasteiger partial charge is 0.464 e. The monoisotopic (exact) mass is 151 g/mol. The Balaban J connectivity index is 0.000000640. The predicted molar refractivity (Wildman–Crippen MR) is 35.7 cm³/mol. The van der Waals surface area contributed by atoms with Crippen LogP contribution in [0.4, 0.5) is 0 Å². The Morgan fingerprint density at radius 2 is 2.22 bits per heavy atom. The molecular weight excluding hydrogens is 142 g/mol. The van der Waals surface area contributed by atoms with Gasteiger partial charge in [-0.3, -0.25) is 4.79 Å². The van der Waals surface area contributed by atoms with Crippen LogP contribution in [0.3, 0.4) is 0 Å². The van der Waals surface area contributed by atoms with E-state index in [1.807, 2.05) is 0 Å². The van der Waals surface area contributed by atoms with E-state index in [2.05, 4.69) is 5.32 Å². The molecule has 54 valence electrons. The molecule has 1 aliphatic rings. The average Bonchev–Trinajstić information content (AvgIpc) is 1.94. The summed E-state index contributed by atoms with van der Waals surface area (Å²) in [7, 11) is 0. The van der Waals surface area contributed by atoms with Crippen LogP contribution < -0.4 is 5.32 Å². The van der Waals surface area contributed by atoms with Gasteiger partial charge in [0.05, 0.1) is 6.42 Å². The minimum Gasteiger partial charge on any atom is -0.464 e. The Hall–Kier alpha value is -0.280. The highest BCUT2D eigenvalue weighted by molar-refractivity contribution is 5.85. The molecule has 0 aromatic carbocycles. The molecule has 0 atom stereocenters. The van der Waals surface area contributed by atoms with E-state index in [4.69, 9.17) is 4.74 Å². The van der Waals surface area contributed by atoms with E-state index in [1.54, 1.807) is 0 Å². The summed E-state index contributed by atoms with van der Waals surface area (Å²) >= 11 is 0. The molecule has 0 bridgehead atoms. The molecule has 1 N–H and O–H groups in total. The van der Waals surface area contributed by atoms with Crippen molar-refractivity contribution in [2.75, 3.05) is 19.7 Å². The molecule has 1 aliphatic heterocycles. The molecule has 0 amide bonds. The van der Waals surface area contributed by atoms with Gasteiger partial charge >= 0.3 is 5.97 Å². The average molecular weight is 152 g/mol. The van der Waals surface area contributed by atoms with Crippen LogP contribution in [-0.2, 0) is 9.53 Å². The highest BCUT2D eigenvalue weighted by Gasteiger charge is 2.04. The normalized spacial score (nSPS) is 19.3. The summed E-state index contributed by atoms with van der Waals surface area (Å²) in [4.78, 5) is 10.4. The third-order valence-electron chi connectivity index (χ3n) is 1.05. The Morgan fingerprint density at radius 1 is 1.44 bits per heavy atom. The lowest BCUT2D eigenvalue weighted by Gasteiger charge is -1.93. The van der Waals surface area contributed by atoms with Crippen LogP contribution >= 0.6 is 12.4 Å². The lowest BCUT2D eigenvalue weighted by molar-refractivity contribution is -0.142. The molecule has 0 spiro atoms. The number of nitrogens with one attached hydrogen (secondary N) is 1. The topological polar surface area (TPSA) is 38.3 Å². The first kappa shape index (κ1) is 8.72. The lowest BCUT2D eigenvalue weighted by Crippen LogP contribution is -2.16. The second kappa shape index (κ2) is 4.58. The molecule has 4 heteroatoms. The van der Waals surface area contributed by atoms with E-state index in [1.165, 1.54) is 0 Å². The van der Waals surface area contributed by atoms with Gasteiger partial charge in [0.2, 0.25) is 0 Å². The summed E-state index contributed by atoms with van der Waals surface area (Å²) in [6.45, 7) is 2.09. The summed E-state index contributed by atoms with van der Waals surface area (Å²) in [5, 5.41) is 3.03. The fraction of sp³-hybridized carbons (Fsp3) is 0.800. The number of hydrogen-bond acceptors (Lipinski definition) is 3. The van der Waals surface area contributed by atoms with Crippen molar-refractivity contribution in [1.29, 1.82) is 0 Å². The van der Waals surface area contributed by atoms with Crippen LogP contribution in [0.5, 0.6) is 0 Å². The molecule has 0 saturated carbocycles. The standard InChI is InChI=1S/C5H9NO2.ClH/c7-5-1-2-6-3-4-8-5;/h6H,1-4H2;1H. The second-order valence-corrected chi connectivity index (χ2v) is 1.72. The number of hydrogen-bond donors (Lipinski definition) is 1. The summed E-state index contributed by atoms with van der Waals surface area (Å²) in [5.74, 6) is -0.0880. The highest BCUT2D eigenvalue weighted by atomic mass is 35.5. The molecule has 0 aliphatic carbocycles. The van der Waals surface area contributed by atoms with Crippen molar-refractivity contribution in [1.82, 2.24) is 5.32 Å². The van der Waals surface area contributed by atoms with Gasteiger partial charge < -0.3 is 10.1 Å². The first-order valence-electron chi connectivity index (χ1n) is 2.76. The SMILES string of the molecule is Cl.O=C1CCNCCO1. The van der Waals surface area contributed by atoms with Crippen molar-refractivity contribution >= 4 is 18.4 Å². The third kappa shape index (κ3) is 3.32. The maximum atomic E-state index is 10.4. The van der Waals surface area contributed by atoms with Crippen LogP contribution in [-0.4, -0.2) is 25.7 Å². The number of carbonyl (C=O) groups is 1. The molecule has 3 nitrogen and oxygen atoms in total. The number of cyclic esters (lactones) is 1. The van der Waals surface area contributed by atoms with Gasteiger partial charge in [0, 0.05) is 13.1 Å². The van der Waals surface area contributed by atoms with Gasteiger partial charge in [-0.2, -0.15) is 0 Å². The van der Waals surface area contributed by atoms with E-state index < -0.39 is 0 Å². The van der Waals surface area contributed by atoms with Gasteiger partial charge in [-0.15, -0.1) is 12.4 Å². The summed E-state index contributed by atoms with van der Waals surface area (Å²) in [5.41, 5.74) is 0. The number of rotatable bonds is 0. The predicted octanol–water partition coefficient (Wildman–Crippen LogP) is -0.0553. The van der Waals surface area contributed by atoms with E-state index >= 15 is 0 Å². The Labute approximate surface area is 60.2 Å². The fourth-order valence-electron chi connectivity index (χ4n) is 0.625. The summed E-state index contributed by atoms with van der Waals surface area (Å²) < 4.78 is 4.70. The van der Waals surface area contributed by atoms with Crippen molar-refractivity contribution in [3.05, 3.63) is 0 Å². The number of carbonyl (C=O) groups excluding carboxylic acids is 1. The van der Waals surface area contributed by atoms with Crippen molar-refractivity contribution < 1.29 is 9.53 Å². The van der Waals surface area contributed by atoms with Crippen molar-refractivity contribution in [3.63, 3.8) is 0 Å². The van der Waals surface area contributed by atoms with Crippen molar-refractivity contribution in [2.24, 2.45) is 0 Å². The van der Waals surface area contributed by atoms with E-state index in [0.717, 1.165) is 13.1 Å². The molecule has 0 radical (unpaired) electrons. The molecule has 1 fully saturated rings. The van der Waals surface area contributed by atoms with Gasteiger partial charge in [0.25, 0.3) is 0 Å². The Kier molecular flexibility index (Phi) is 4.44. The third-order valence-corrected chi connectivity index (χ3v) is 1.05. The van der Waals surface area contributed by atoms with Gasteiger partial charge in [-0.25, -0.2) is 0 Å². The first-order valence-corrected chi connectivity index (χ1v) is 2.76. The van der Waals surface area contributed by atoms with E-state index in [-0.39, 0.29) is 18.4 Å². The molecule has 1 rings (SSSR count). The minimum atomic E-state index is -0.0880. The molecular formula is C5H10ClNO2. The van der Waals surface area contributed by atoms with Gasteiger partial charge in [0.15, 0.2) is 0 Å². The quantitative estimate of drug-likeness (QED) is 0.494. The zero-order chi connectivity index (χ0) is 5.82. The zero-order valence-electron chi connectivity index (χ0n) is 5.05. The number of halogens is 1. The van der Waals surface area contributed by atoms with Gasteiger partial charge in [-0.1, -0.05) is 0 Å². The van der Waals surface area contributed by atoms with Crippen LogP contribution in [0.2, 0.25) is 0 Å². The van der Waals surface area contributed by atoms with Gasteiger partial charge in [0.1, 0.15) is 6.61 Å². The van der Waals surface area contributed by atoms with Gasteiger partial charge in [-0.05, 0) is 0 Å². The molecule has 0 aromatic rings. The maximum absolute atomic E-state index is 10.4. The molecule has 1 saturated heterocycles. The Morgan fingerprint density at radius 3 is 3.00 bits per heavy atom.